The number of carbonyl (C=O) groups is 3. The summed E-state index contributed by atoms with van der Waals surface area (Å²) in [5, 5.41) is 6.30. The van der Waals surface area contributed by atoms with Crippen LogP contribution in [0.4, 0.5) is 4.79 Å². The molecule has 3 heterocycles. The van der Waals surface area contributed by atoms with Crippen LogP contribution in [0.1, 0.15) is 58.3 Å². The maximum Gasteiger partial charge on any atom is 0.325 e. The molecule has 0 aromatic heterocycles. The van der Waals surface area contributed by atoms with Gasteiger partial charge in [-0.05, 0) is 57.4 Å². The lowest BCUT2D eigenvalue weighted by atomic mass is 9.75. The molecule has 3 saturated heterocycles. The largest absolute Gasteiger partial charge is 0.334 e. The predicted octanol–water partition coefficient (Wildman–Crippen LogP) is 1.65. The fourth-order valence-corrected chi connectivity index (χ4v) is 5.34. The smallest absolute Gasteiger partial charge is 0.325 e. The van der Waals surface area contributed by atoms with E-state index in [2.05, 4.69) is 17.6 Å². The third-order valence-corrected chi connectivity index (χ3v) is 7.02. The molecule has 0 aromatic rings. The molecule has 1 aliphatic carbocycles. The second-order valence-corrected chi connectivity index (χ2v) is 8.43. The molecule has 0 aromatic carbocycles. The molecule has 3 aliphatic heterocycles. The Morgan fingerprint density at radius 1 is 1.11 bits per heavy atom. The first-order valence-corrected chi connectivity index (χ1v) is 10.2. The third-order valence-electron chi connectivity index (χ3n) is 7.02. The van der Waals surface area contributed by atoms with Gasteiger partial charge >= 0.3 is 6.03 Å². The van der Waals surface area contributed by atoms with E-state index < -0.39 is 11.6 Å². The van der Waals surface area contributed by atoms with Crippen LogP contribution < -0.4 is 10.6 Å². The lowest BCUT2D eigenvalue weighted by Gasteiger charge is -2.34. The zero-order chi connectivity index (χ0) is 18.3. The van der Waals surface area contributed by atoms with E-state index in [1.807, 2.05) is 4.90 Å². The van der Waals surface area contributed by atoms with Crippen molar-refractivity contribution in [2.24, 2.45) is 5.92 Å². The van der Waals surface area contributed by atoms with E-state index in [9.17, 15) is 14.4 Å². The van der Waals surface area contributed by atoms with E-state index in [1.165, 1.54) is 4.90 Å². The van der Waals surface area contributed by atoms with Gasteiger partial charge in [0.15, 0.2) is 0 Å². The molecule has 2 unspecified atom stereocenters. The van der Waals surface area contributed by atoms with Crippen LogP contribution in [0.15, 0.2) is 0 Å². The summed E-state index contributed by atoms with van der Waals surface area (Å²) in [7, 11) is 0. The maximum absolute atomic E-state index is 13.0. The number of urea groups is 1. The molecule has 4 fully saturated rings. The molecule has 1 saturated carbocycles. The summed E-state index contributed by atoms with van der Waals surface area (Å²) in [4.78, 5) is 41.6. The normalized spacial score (nSPS) is 35.8. The summed E-state index contributed by atoms with van der Waals surface area (Å²) in [5.74, 6) is 0.371. The van der Waals surface area contributed by atoms with Crippen molar-refractivity contribution in [1.82, 2.24) is 20.4 Å². The number of amides is 4. The standard InChI is InChI=1S/C19H30N4O3.ClH/c1-2-13-5-8-19(9-6-13)17(25)22(18(26)21-19)12-16(24)23-14-3-4-15(23)11-20-10-7-14;/h13-15,20H,2-12H2,1H3,(H,21,26);1H. The number of nitrogens with zero attached hydrogens (tertiary/aromatic N) is 2. The van der Waals surface area contributed by atoms with Crippen molar-refractivity contribution in [3.63, 3.8) is 0 Å². The van der Waals surface area contributed by atoms with Crippen molar-refractivity contribution in [3.8, 4) is 0 Å². The van der Waals surface area contributed by atoms with Crippen LogP contribution in [-0.4, -0.2) is 64.9 Å². The second kappa shape index (κ2) is 7.95. The van der Waals surface area contributed by atoms with Gasteiger partial charge in [0.05, 0.1) is 0 Å². The number of nitrogens with one attached hydrogen (secondary N) is 2. The average molecular weight is 399 g/mol. The first kappa shape index (κ1) is 20.4. The van der Waals surface area contributed by atoms with E-state index in [-0.39, 0.29) is 42.8 Å². The van der Waals surface area contributed by atoms with E-state index in [0.29, 0.717) is 18.8 Å². The minimum atomic E-state index is -0.762. The number of fused-ring (bicyclic) bond motifs is 2. The number of imide groups is 1. The first-order chi connectivity index (χ1) is 12.5. The van der Waals surface area contributed by atoms with Crippen LogP contribution in [0, 0.1) is 5.92 Å². The Morgan fingerprint density at radius 2 is 1.81 bits per heavy atom. The van der Waals surface area contributed by atoms with Gasteiger partial charge < -0.3 is 15.5 Å². The Balaban J connectivity index is 0.00000210. The quantitative estimate of drug-likeness (QED) is 0.708. The Morgan fingerprint density at radius 3 is 2.52 bits per heavy atom. The summed E-state index contributed by atoms with van der Waals surface area (Å²) in [6.07, 6.45) is 7.42. The molecule has 1 spiro atoms. The maximum atomic E-state index is 13.0. The molecule has 7 nitrogen and oxygen atoms in total. The lowest BCUT2D eigenvalue weighted by Crippen LogP contribution is -2.51. The van der Waals surface area contributed by atoms with Gasteiger partial charge in [0.25, 0.3) is 5.91 Å². The molecule has 0 radical (unpaired) electrons. The van der Waals surface area contributed by atoms with Gasteiger partial charge in [0.2, 0.25) is 5.91 Å². The van der Waals surface area contributed by atoms with Crippen LogP contribution in [0.3, 0.4) is 0 Å². The van der Waals surface area contributed by atoms with Gasteiger partial charge in [0.1, 0.15) is 12.1 Å². The molecule has 2 N–H and O–H groups in total. The van der Waals surface area contributed by atoms with Gasteiger partial charge in [-0.3, -0.25) is 14.5 Å². The Hall–Kier alpha value is -1.34. The highest BCUT2D eigenvalue weighted by Crippen LogP contribution is 2.38. The number of hydrogen-bond donors (Lipinski definition) is 2. The third kappa shape index (κ3) is 3.56. The summed E-state index contributed by atoms with van der Waals surface area (Å²) in [6, 6.07) is 0.0560. The highest BCUT2D eigenvalue weighted by atomic mass is 35.5. The topological polar surface area (TPSA) is 81.8 Å². The molecule has 27 heavy (non-hydrogen) atoms. The van der Waals surface area contributed by atoms with Crippen LogP contribution in [0.5, 0.6) is 0 Å². The molecule has 4 rings (SSSR count). The Kier molecular flexibility index (Phi) is 6.01. The minimum Gasteiger partial charge on any atom is -0.334 e. The first-order valence-electron chi connectivity index (χ1n) is 10.2. The number of halogens is 1. The van der Waals surface area contributed by atoms with Crippen molar-refractivity contribution in [2.75, 3.05) is 19.6 Å². The van der Waals surface area contributed by atoms with Gasteiger partial charge in [0, 0.05) is 18.6 Å². The molecule has 4 amide bonds. The lowest BCUT2D eigenvalue weighted by molar-refractivity contribution is -0.141. The Bertz CT molecular complexity index is 592. The number of carbonyl (C=O) groups excluding carboxylic acids is 3. The minimum absolute atomic E-state index is 0. The summed E-state index contributed by atoms with van der Waals surface area (Å²) in [6.45, 7) is 3.80. The summed E-state index contributed by atoms with van der Waals surface area (Å²) < 4.78 is 0. The highest BCUT2D eigenvalue weighted by molar-refractivity contribution is 6.09. The second-order valence-electron chi connectivity index (χ2n) is 8.43. The van der Waals surface area contributed by atoms with Gasteiger partial charge in [-0.15, -0.1) is 12.4 Å². The highest BCUT2D eigenvalue weighted by Gasteiger charge is 2.53. The van der Waals surface area contributed by atoms with Crippen LogP contribution >= 0.6 is 12.4 Å². The summed E-state index contributed by atoms with van der Waals surface area (Å²) >= 11 is 0. The summed E-state index contributed by atoms with van der Waals surface area (Å²) in [5.41, 5.74) is -0.762. The molecule has 8 heteroatoms. The van der Waals surface area contributed by atoms with E-state index in [1.54, 1.807) is 0 Å². The molecule has 2 bridgehead atoms. The van der Waals surface area contributed by atoms with Crippen molar-refractivity contribution >= 4 is 30.3 Å². The molecule has 2 atom stereocenters. The fraction of sp³-hybridized carbons (Fsp3) is 0.842. The van der Waals surface area contributed by atoms with Gasteiger partial charge in [-0.1, -0.05) is 13.3 Å². The SMILES string of the molecule is CCC1CCC2(CC1)NC(=O)N(CC(=O)N1C3CCNCC1CC3)C2=O.Cl. The monoisotopic (exact) mass is 398 g/mol. The molecular formula is C19H31ClN4O3. The van der Waals surface area contributed by atoms with Crippen molar-refractivity contribution < 1.29 is 14.4 Å². The van der Waals surface area contributed by atoms with Gasteiger partial charge in [-0.25, -0.2) is 4.79 Å². The van der Waals surface area contributed by atoms with Crippen molar-refractivity contribution in [1.29, 1.82) is 0 Å². The van der Waals surface area contributed by atoms with Gasteiger partial charge in [-0.2, -0.15) is 0 Å². The van der Waals surface area contributed by atoms with Crippen molar-refractivity contribution in [3.05, 3.63) is 0 Å². The average Bonchev–Trinajstić information content (AvgIpc) is 3.02. The fourth-order valence-electron chi connectivity index (χ4n) is 5.34. The van der Waals surface area contributed by atoms with E-state index in [4.69, 9.17) is 0 Å². The number of hydrogen-bond acceptors (Lipinski definition) is 4. The number of rotatable bonds is 3. The van der Waals surface area contributed by atoms with E-state index >= 15 is 0 Å². The van der Waals surface area contributed by atoms with Crippen molar-refractivity contribution in [2.45, 2.75) is 75.9 Å². The molecule has 152 valence electrons. The Labute approximate surface area is 167 Å². The van der Waals surface area contributed by atoms with Crippen LogP contribution in [0.25, 0.3) is 0 Å². The molecular weight excluding hydrogens is 368 g/mol. The zero-order valence-corrected chi connectivity index (χ0v) is 16.9. The van der Waals surface area contributed by atoms with E-state index in [0.717, 1.165) is 51.6 Å². The van der Waals surface area contributed by atoms with Crippen LogP contribution in [-0.2, 0) is 9.59 Å². The molecule has 4 aliphatic rings. The zero-order valence-electron chi connectivity index (χ0n) is 16.0. The van der Waals surface area contributed by atoms with Crippen LogP contribution in [0.2, 0.25) is 0 Å². The predicted molar refractivity (Wildman–Crippen MR) is 104 cm³/mol.